The molecule has 0 saturated heterocycles. The number of nitrogens with zero attached hydrogens (tertiary/aromatic N) is 3. The van der Waals surface area contributed by atoms with Gasteiger partial charge in [0.25, 0.3) is 5.56 Å². The second-order valence-corrected chi connectivity index (χ2v) is 7.70. The minimum Gasteiger partial charge on any atom is -0.495 e. The highest BCUT2D eigenvalue weighted by atomic mass is 35.5. The Labute approximate surface area is 164 Å². The summed E-state index contributed by atoms with van der Waals surface area (Å²) in [6.07, 6.45) is 0.372. The summed E-state index contributed by atoms with van der Waals surface area (Å²) in [4.78, 5) is 27.4. The Balaban J connectivity index is 2.00. The number of hydrogen-bond acceptors (Lipinski definition) is 6. The Hall–Kier alpha value is -2.45. The normalized spacial score (nSPS) is 12.2. The minimum atomic E-state index is -0.808. The largest absolute Gasteiger partial charge is 0.495 e. The fourth-order valence-electron chi connectivity index (χ4n) is 2.84. The first kappa shape index (κ1) is 19.3. The number of halogens is 1. The van der Waals surface area contributed by atoms with E-state index in [2.05, 4.69) is 15.6 Å². The molecule has 0 bridgehead atoms. The number of aromatic nitrogens is 3. The third kappa shape index (κ3) is 3.54. The van der Waals surface area contributed by atoms with Crippen molar-refractivity contribution in [2.75, 3.05) is 12.4 Å². The Morgan fingerprint density at radius 1 is 1.41 bits per heavy atom. The highest BCUT2D eigenvalue weighted by Gasteiger charge is 2.24. The van der Waals surface area contributed by atoms with E-state index in [4.69, 9.17) is 16.3 Å². The molecular weight excluding hydrogens is 388 g/mol. The van der Waals surface area contributed by atoms with E-state index in [0.29, 0.717) is 33.1 Å². The Kier molecular flexibility index (Phi) is 5.48. The predicted octanol–water partition coefficient (Wildman–Crippen LogP) is 3.72. The van der Waals surface area contributed by atoms with Crippen LogP contribution in [0.4, 0.5) is 5.69 Å². The molecular formula is C18H19ClN4O3S. The van der Waals surface area contributed by atoms with Crippen LogP contribution in [0.2, 0.25) is 5.02 Å². The van der Waals surface area contributed by atoms with Crippen LogP contribution in [0, 0.1) is 13.8 Å². The number of ether oxygens (including phenoxy) is 1. The van der Waals surface area contributed by atoms with E-state index in [0.717, 1.165) is 15.1 Å². The number of fused-ring (bicyclic) bond motifs is 1. The summed E-state index contributed by atoms with van der Waals surface area (Å²) in [5, 5.41) is 11.9. The van der Waals surface area contributed by atoms with Gasteiger partial charge in [-0.2, -0.15) is 4.68 Å². The number of carbonyl (C=O) groups excluding carboxylic acids is 1. The first-order chi connectivity index (χ1) is 12.9. The highest BCUT2D eigenvalue weighted by Crippen LogP contribution is 2.29. The quantitative estimate of drug-likeness (QED) is 0.697. The second-order valence-electron chi connectivity index (χ2n) is 6.06. The molecule has 0 aliphatic heterocycles. The molecule has 7 nitrogen and oxygen atoms in total. The number of amides is 1. The lowest BCUT2D eigenvalue weighted by atomic mass is 10.2. The maximum atomic E-state index is 12.9. The molecule has 142 valence electrons. The van der Waals surface area contributed by atoms with Crippen LogP contribution < -0.4 is 15.6 Å². The summed E-state index contributed by atoms with van der Waals surface area (Å²) in [5.74, 6) is 0.0826. The van der Waals surface area contributed by atoms with Crippen LogP contribution in [-0.4, -0.2) is 28.0 Å². The number of nitrogens with one attached hydrogen (secondary N) is 1. The van der Waals surface area contributed by atoms with Crippen molar-refractivity contribution >= 4 is 44.7 Å². The van der Waals surface area contributed by atoms with Crippen LogP contribution in [-0.2, 0) is 4.79 Å². The zero-order valence-electron chi connectivity index (χ0n) is 15.4. The fraction of sp³-hybridized carbons (Fsp3) is 0.333. The molecule has 3 rings (SSSR count). The van der Waals surface area contributed by atoms with Gasteiger partial charge in [0.1, 0.15) is 11.8 Å². The molecule has 1 amide bonds. The van der Waals surface area contributed by atoms with Crippen molar-refractivity contribution < 1.29 is 9.53 Å². The summed E-state index contributed by atoms with van der Waals surface area (Å²) in [7, 11) is 1.50. The number of thiophene rings is 1. The molecule has 1 aromatic carbocycles. The summed E-state index contributed by atoms with van der Waals surface area (Å²) in [6.45, 7) is 5.61. The first-order valence-electron chi connectivity index (χ1n) is 8.37. The predicted molar refractivity (Wildman–Crippen MR) is 107 cm³/mol. The monoisotopic (exact) mass is 406 g/mol. The van der Waals surface area contributed by atoms with Crippen LogP contribution in [0.5, 0.6) is 5.75 Å². The van der Waals surface area contributed by atoms with Crippen molar-refractivity contribution in [3.05, 3.63) is 44.0 Å². The van der Waals surface area contributed by atoms with E-state index in [-0.39, 0.29) is 5.56 Å². The van der Waals surface area contributed by atoms with E-state index in [1.165, 1.54) is 18.4 Å². The van der Waals surface area contributed by atoms with Gasteiger partial charge in [-0.3, -0.25) is 9.59 Å². The average Bonchev–Trinajstić information content (AvgIpc) is 2.92. The molecule has 1 atom stereocenters. The van der Waals surface area contributed by atoms with Gasteiger partial charge in [-0.1, -0.05) is 23.7 Å². The lowest BCUT2D eigenvalue weighted by Gasteiger charge is -2.17. The fourth-order valence-corrected chi connectivity index (χ4v) is 3.98. The van der Waals surface area contributed by atoms with E-state index < -0.39 is 11.9 Å². The van der Waals surface area contributed by atoms with Gasteiger partial charge >= 0.3 is 0 Å². The molecule has 3 aromatic rings. The Morgan fingerprint density at radius 2 is 2.15 bits per heavy atom. The van der Waals surface area contributed by atoms with E-state index in [1.807, 2.05) is 20.8 Å². The molecule has 1 unspecified atom stereocenters. The highest BCUT2D eigenvalue weighted by molar-refractivity contribution is 7.18. The minimum absolute atomic E-state index is 0.318. The maximum absolute atomic E-state index is 12.9. The molecule has 0 fully saturated rings. The van der Waals surface area contributed by atoms with Crippen LogP contribution in [0.3, 0.4) is 0 Å². The smallest absolute Gasteiger partial charge is 0.279 e. The molecule has 0 saturated carbocycles. The third-order valence-electron chi connectivity index (χ3n) is 4.42. The molecule has 2 aromatic heterocycles. The van der Waals surface area contributed by atoms with Gasteiger partial charge < -0.3 is 10.1 Å². The van der Waals surface area contributed by atoms with Gasteiger partial charge in [0.15, 0.2) is 4.83 Å². The number of aryl methyl sites for hydroxylation is 2. The molecule has 0 spiro atoms. The van der Waals surface area contributed by atoms with Crippen molar-refractivity contribution in [2.24, 2.45) is 0 Å². The van der Waals surface area contributed by atoms with Crippen molar-refractivity contribution in [3.8, 4) is 5.75 Å². The van der Waals surface area contributed by atoms with Gasteiger partial charge in [-0.15, -0.1) is 16.4 Å². The number of hydrogen-bond donors (Lipinski definition) is 1. The topological polar surface area (TPSA) is 86.1 Å². The van der Waals surface area contributed by atoms with E-state index in [1.54, 1.807) is 18.2 Å². The average molecular weight is 407 g/mol. The van der Waals surface area contributed by atoms with Gasteiger partial charge in [0, 0.05) is 9.90 Å². The third-order valence-corrected chi connectivity index (χ3v) is 5.75. The first-order valence-corrected chi connectivity index (χ1v) is 9.56. The van der Waals surface area contributed by atoms with Crippen LogP contribution in [0.1, 0.15) is 29.8 Å². The van der Waals surface area contributed by atoms with Crippen molar-refractivity contribution in [1.29, 1.82) is 0 Å². The Bertz CT molecular complexity index is 1080. The number of anilines is 1. The van der Waals surface area contributed by atoms with Crippen molar-refractivity contribution in [1.82, 2.24) is 15.0 Å². The SMILES string of the molecule is CCC(C(=O)Nc1cc(Cl)ccc1OC)n1nnc2sc(C)c(C)c2c1=O. The molecule has 2 heterocycles. The maximum Gasteiger partial charge on any atom is 0.279 e. The lowest BCUT2D eigenvalue weighted by Crippen LogP contribution is -2.35. The number of carbonyl (C=O) groups is 1. The molecule has 1 N–H and O–H groups in total. The van der Waals surface area contributed by atoms with E-state index >= 15 is 0 Å². The Morgan fingerprint density at radius 3 is 2.81 bits per heavy atom. The van der Waals surface area contributed by atoms with Crippen LogP contribution >= 0.6 is 22.9 Å². The molecule has 0 radical (unpaired) electrons. The second kappa shape index (κ2) is 7.66. The van der Waals surface area contributed by atoms with E-state index in [9.17, 15) is 9.59 Å². The van der Waals surface area contributed by atoms with Crippen molar-refractivity contribution in [3.63, 3.8) is 0 Å². The molecule has 9 heteroatoms. The van der Waals surface area contributed by atoms with Gasteiger partial charge in [-0.25, -0.2) is 0 Å². The molecule has 0 aliphatic carbocycles. The van der Waals surface area contributed by atoms with Crippen molar-refractivity contribution in [2.45, 2.75) is 33.2 Å². The van der Waals surface area contributed by atoms with Gasteiger partial charge in [0.05, 0.1) is 18.2 Å². The summed E-state index contributed by atoms with van der Waals surface area (Å²) in [5.41, 5.74) is 0.982. The lowest BCUT2D eigenvalue weighted by molar-refractivity contribution is -0.119. The number of rotatable bonds is 5. The van der Waals surface area contributed by atoms with Crippen LogP contribution in [0.25, 0.3) is 10.2 Å². The summed E-state index contributed by atoms with van der Waals surface area (Å²) >= 11 is 7.43. The zero-order valence-corrected chi connectivity index (χ0v) is 16.9. The van der Waals surface area contributed by atoms with Crippen LogP contribution in [0.15, 0.2) is 23.0 Å². The zero-order chi connectivity index (χ0) is 19.7. The summed E-state index contributed by atoms with van der Waals surface area (Å²) < 4.78 is 6.40. The number of benzene rings is 1. The molecule has 0 aliphatic rings. The number of methoxy groups -OCH3 is 1. The van der Waals surface area contributed by atoms with Gasteiger partial charge in [0.2, 0.25) is 5.91 Å². The molecule has 27 heavy (non-hydrogen) atoms. The summed E-state index contributed by atoms with van der Waals surface area (Å²) in [6, 6.07) is 4.11. The van der Waals surface area contributed by atoms with Gasteiger partial charge in [-0.05, 0) is 44.0 Å². The standard InChI is InChI=1S/C18H19ClN4O3S/c1-5-13(16(24)20-12-8-11(19)6-7-14(12)26-4)23-18(25)15-9(2)10(3)27-17(15)21-22-23/h6-8,13H,5H2,1-4H3,(H,20,24).